The van der Waals surface area contributed by atoms with Gasteiger partial charge in [-0.1, -0.05) is 32.4 Å². The number of hydrogen-bond donors (Lipinski definition) is 7. The van der Waals surface area contributed by atoms with Gasteiger partial charge in [0.15, 0.2) is 0 Å². The van der Waals surface area contributed by atoms with Gasteiger partial charge in [0.2, 0.25) is 23.6 Å². The van der Waals surface area contributed by atoms with Crippen molar-refractivity contribution in [3.05, 3.63) is 94.3 Å². The van der Waals surface area contributed by atoms with Crippen LogP contribution in [0.3, 0.4) is 0 Å². The van der Waals surface area contributed by atoms with E-state index in [9.17, 15) is 43.2 Å². The number of amides is 10. The molecule has 10 amide bonds. The second-order valence-electron chi connectivity index (χ2n) is 18.4. The SMILES string of the molecule is CCCN(CCC)C(=O)C1=Cc2cc(OC)c(C(=O)Nc3cnc4c(c3)CN(C(=O)OCc3ccc(NC(=O)[C@H](CCCNC(N)=O)NC(=O)CNC(=O)CCCCCN5C(=O)C=CC5=O)cc3)CC4)cc2N=C(N)C1. The summed E-state index contributed by atoms with van der Waals surface area (Å²) in [5, 5.41) is 13.3. The molecule has 0 spiro atoms. The summed E-state index contributed by atoms with van der Waals surface area (Å²) in [6, 6.07) is 9.76. The standard InChI is InChI=1S/C53H66N12O11/c1-4-20-63(21-5-2)51(72)35-24-34-26-43(75-3)39(28-42(34)61-44(54)27-35)49(70)60-38-25-36-31-64(23-18-40(36)57-29-38)53(74)76-32-33-12-14-37(15-13-33)59-50(71)41(10-9-19-56-52(55)73)62-46(67)30-58-45(66)11-7-6-8-22-65-47(68)16-17-48(65)69/h12-17,24-26,28-29,41H,4-11,18-23,27,30-32H2,1-3H3,(H2,54,61)(H,58,66)(H,59,71)(H,60,70)(H,62,67)(H3,55,56,73)/t41-/m0/s1. The fraction of sp³-hybridized carbons (Fsp3) is 0.415. The number of urea groups is 1. The van der Waals surface area contributed by atoms with E-state index in [-0.39, 0.29) is 92.8 Å². The number of ether oxygens (including phenoxy) is 2. The molecule has 0 saturated heterocycles. The third kappa shape index (κ3) is 16.2. The topological polar surface area (TPSA) is 319 Å². The van der Waals surface area contributed by atoms with Crippen molar-refractivity contribution in [3.63, 3.8) is 0 Å². The van der Waals surface area contributed by atoms with Gasteiger partial charge in [0.25, 0.3) is 17.7 Å². The van der Waals surface area contributed by atoms with Crippen LogP contribution in [0.5, 0.6) is 5.75 Å². The van der Waals surface area contributed by atoms with Crippen LogP contribution in [0.4, 0.5) is 26.7 Å². The summed E-state index contributed by atoms with van der Waals surface area (Å²) in [7, 11) is 1.45. The molecule has 0 bridgehead atoms. The van der Waals surface area contributed by atoms with Gasteiger partial charge < -0.3 is 57.3 Å². The zero-order chi connectivity index (χ0) is 54.7. The Balaban J connectivity index is 0.983. The average Bonchev–Trinajstić information content (AvgIpc) is 3.62. The second-order valence-corrected chi connectivity index (χ2v) is 18.4. The minimum absolute atomic E-state index is 0.0811. The Morgan fingerprint density at radius 3 is 2.30 bits per heavy atom. The largest absolute Gasteiger partial charge is 0.496 e. The molecule has 23 heteroatoms. The maximum Gasteiger partial charge on any atom is 0.410 e. The molecule has 1 aromatic heterocycles. The van der Waals surface area contributed by atoms with Crippen molar-refractivity contribution in [2.45, 2.75) is 97.2 Å². The van der Waals surface area contributed by atoms with Crippen molar-refractivity contribution in [1.29, 1.82) is 0 Å². The highest BCUT2D eigenvalue weighted by atomic mass is 16.6. The molecular weight excluding hydrogens is 981 g/mol. The lowest BCUT2D eigenvalue weighted by molar-refractivity contribution is -0.137. The maximum atomic E-state index is 13.8. The third-order valence-corrected chi connectivity index (χ3v) is 12.5. The zero-order valence-electron chi connectivity index (χ0n) is 43.0. The highest BCUT2D eigenvalue weighted by Crippen LogP contribution is 2.34. The summed E-state index contributed by atoms with van der Waals surface area (Å²) in [5.41, 5.74) is 16.0. The first kappa shape index (κ1) is 56.7. The van der Waals surface area contributed by atoms with Crippen molar-refractivity contribution in [3.8, 4) is 5.75 Å². The smallest absolute Gasteiger partial charge is 0.410 e. The van der Waals surface area contributed by atoms with Gasteiger partial charge in [-0.05, 0) is 86.1 Å². The lowest BCUT2D eigenvalue weighted by Gasteiger charge is -2.28. The predicted molar refractivity (Wildman–Crippen MR) is 282 cm³/mol. The normalized spacial score (nSPS) is 14.0. The number of hydrogen-bond acceptors (Lipinski definition) is 14. The molecule has 23 nitrogen and oxygen atoms in total. The van der Waals surface area contributed by atoms with Crippen molar-refractivity contribution in [2.75, 3.05) is 57.0 Å². The summed E-state index contributed by atoms with van der Waals surface area (Å²) in [6.45, 7) is 5.72. The number of unbranched alkanes of at least 4 members (excludes halogenated alkanes) is 2. The molecule has 2 aromatic carbocycles. The first-order chi connectivity index (χ1) is 36.5. The summed E-state index contributed by atoms with van der Waals surface area (Å²) < 4.78 is 11.3. The molecule has 3 aromatic rings. The number of amidine groups is 1. The zero-order valence-corrected chi connectivity index (χ0v) is 43.0. The summed E-state index contributed by atoms with van der Waals surface area (Å²) in [5.74, 6) is -2.38. The molecule has 4 heterocycles. The van der Waals surface area contributed by atoms with Crippen molar-refractivity contribution in [2.24, 2.45) is 16.5 Å². The van der Waals surface area contributed by atoms with Crippen LogP contribution in [0.2, 0.25) is 0 Å². The predicted octanol–water partition coefficient (Wildman–Crippen LogP) is 3.94. The molecule has 0 radical (unpaired) electrons. The number of carbonyl (C=O) groups excluding carboxylic acids is 9. The Bertz CT molecular complexity index is 2750. The van der Waals surface area contributed by atoms with Crippen LogP contribution < -0.4 is 42.8 Å². The van der Waals surface area contributed by atoms with Crippen LogP contribution in [-0.2, 0) is 53.1 Å². The van der Waals surface area contributed by atoms with Crippen LogP contribution in [0, 0.1) is 0 Å². The second kappa shape index (κ2) is 27.6. The number of nitrogens with zero attached hydrogens (tertiary/aromatic N) is 5. The number of nitrogens with one attached hydrogen (secondary N) is 5. The molecule has 9 N–H and O–H groups in total. The van der Waals surface area contributed by atoms with Gasteiger partial charge >= 0.3 is 12.1 Å². The Labute approximate surface area is 440 Å². The number of benzene rings is 2. The van der Waals surface area contributed by atoms with Crippen molar-refractivity contribution in [1.82, 2.24) is 35.6 Å². The minimum Gasteiger partial charge on any atom is -0.496 e. The number of anilines is 2. The van der Waals surface area contributed by atoms with E-state index in [1.165, 1.54) is 24.2 Å². The number of primary amides is 1. The maximum absolute atomic E-state index is 13.8. The van der Waals surface area contributed by atoms with Gasteiger partial charge in [0.05, 0.1) is 43.3 Å². The monoisotopic (exact) mass is 1050 g/mol. The molecular formula is C53H66N12O11. The number of nitrogens with two attached hydrogens (primary N) is 2. The van der Waals surface area contributed by atoms with Gasteiger partial charge in [-0.25, -0.2) is 14.6 Å². The van der Waals surface area contributed by atoms with E-state index < -0.39 is 35.9 Å². The first-order valence-electron chi connectivity index (χ1n) is 25.3. The van der Waals surface area contributed by atoms with Crippen LogP contribution >= 0.6 is 0 Å². The molecule has 0 fully saturated rings. The van der Waals surface area contributed by atoms with E-state index in [1.807, 2.05) is 18.7 Å². The van der Waals surface area contributed by atoms with E-state index in [1.54, 1.807) is 54.7 Å². The van der Waals surface area contributed by atoms with E-state index in [2.05, 4.69) is 36.6 Å². The molecule has 76 heavy (non-hydrogen) atoms. The molecule has 1 atom stereocenters. The number of imide groups is 1. The summed E-state index contributed by atoms with van der Waals surface area (Å²) >= 11 is 0. The minimum atomic E-state index is -1.04. The highest BCUT2D eigenvalue weighted by molar-refractivity contribution is 6.13. The Hall–Kier alpha value is -8.63. The molecule has 3 aliphatic rings. The molecule has 404 valence electrons. The van der Waals surface area contributed by atoms with Crippen molar-refractivity contribution >= 4 is 82.4 Å². The molecule has 0 unspecified atom stereocenters. The van der Waals surface area contributed by atoms with E-state index in [0.717, 1.165) is 23.4 Å². The van der Waals surface area contributed by atoms with Crippen LogP contribution in [-0.4, -0.2) is 131 Å². The number of methoxy groups -OCH3 is 1. The van der Waals surface area contributed by atoms with E-state index in [4.69, 9.17) is 20.9 Å². The molecule has 0 aliphatic carbocycles. The molecule has 0 saturated carbocycles. The van der Waals surface area contributed by atoms with Gasteiger partial charge in [-0.15, -0.1) is 0 Å². The lowest BCUT2D eigenvalue weighted by Crippen LogP contribution is -2.47. The average molecular weight is 1050 g/mol. The van der Waals surface area contributed by atoms with Crippen LogP contribution in [0.25, 0.3) is 6.08 Å². The van der Waals surface area contributed by atoms with Crippen LogP contribution in [0.15, 0.2) is 71.4 Å². The fourth-order valence-electron chi connectivity index (χ4n) is 8.65. The van der Waals surface area contributed by atoms with Gasteiger partial charge in [-0.2, -0.15) is 0 Å². The number of fused-ring (bicyclic) bond motifs is 2. The highest BCUT2D eigenvalue weighted by Gasteiger charge is 2.27. The Morgan fingerprint density at radius 2 is 1.61 bits per heavy atom. The lowest BCUT2D eigenvalue weighted by atomic mass is 10.0. The number of pyridine rings is 1. The fourth-order valence-corrected chi connectivity index (χ4v) is 8.65. The molecule has 3 aliphatic heterocycles. The summed E-state index contributed by atoms with van der Waals surface area (Å²) in [4.78, 5) is 128. The Morgan fingerprint density at radius 1 is 0.868 bits per heavy atom. The number of aromatic nitrogens is 1. The number of rotatable bonds is 25. The molecule has 6 rings (SSSR count). The number of aliphatic imine (C=N–C) groups is 1. The van der Waals surface area contributed by atoms with Gasteiger partial charge in [0, 0.05) is 86.7 Å². The van der Waals surface area contributed by atoms with Gasteiger partial charge in [-0.3, -0.25) is 43.4 Å². The first-order valence-corrected chi connectivity index (χ1v) is 25.3. The van der Waals surface area contributed by atoms with E-state index in [0.29, 0.717) is 91.1 Å². The van der Waals surface area contributed by atoms with E-state index >= 15 is 0 Å². The Kier molecular flexibility index (Phi) is 20.6. The number of carbonyl (C=O) groups is 9. The quantitative estimate of drug-likeness (QED) is 0.0468. The van der Waals surface area contributed by atoms with Crippen molar-refractivity contribution < 1.29 is 52.6 Å². The van der Waals surface area contributed by atoms with Gasteiger partial charge in [0.1, 0.15) is 24.2 Å². The summed E-state index contributed by atoms with van der Waals surface area (Å²) in [6.07, 6.45) is 9.51. The van der Waals surface area contributed by atoms with Crippen LogP contribution in [0.1, 0.15) is 104 Å². The third-order valence-electron chi connectivity index (χ3n) is 12.5.